The van der Waals surface area contributed by atoms with Crippen molar-refractivity contribution in [1.29, 1.82) is 0 Å². The first kappa shape index (κ1) is 27.7. The molecule has 0 saturated heterocycles. The predicted octanol–water partition coefficient (Wildman–Crippen LogP) is 8.40. The van der Waals surface area contributed by atoms with Gasteiger partial charge in [0.05, 0.1) is 0 Å². The highest BCUT2D eigenvalue weighted by atomic mass is 79.9. The molecular weight excluding hydrogens is 583 g/mol. The lowest BCUT2D eigenvalue weighted by Gasteiger charge is -2.14. The van der Waals surface area contributed by atoms with Crippen molar-refractivity contribution in [2.24, 2.45) is 0 Å². The maximum Gasteiger partial charge on any atom is 0.573 e. The molecule has 0 atom stereocenters. The first-order valence-corrected chi connectivity index (χ1v) is 12.1. The molecule has 1 heterocycles. The molecule has 0 radical (unpaired) electrons. The second kappa shape index (κ2) is 12.0. The maximum absolute atomic E-state index is 13.4. The Morgan fingerprint density at radius 3 is 2.23 bits per heavy atom. The number of rotatable bonds is 5. The molecule has 0 aliphatic rings. The molecule has 5 aromatic rings. The zero-order valence-electron chi connectivity index (χ0n) is 19.9. The topological polar surface area (TPSA) is 44.1 Å². The predicted molar refractivity (Wildman–Crippen MR) is 140 cm³/mol. The lowest BCUT2D eigenvalue weighted by Crippen LogP contribution is -2.17. The lowest BCUT2D eigenvalue weighted by molar-refractivity contribution is -0.274. The number of hydrogen-bond acceptors (Lipinski definition) is 3. The monoisotopic (exact) mass is 600 g/mol. The Labute approximate surface area is 228 Å². The van der Waals surface area contributed by atoms with Crippen LogP contribution >= 0.6 is 15.9 Å². The molecule has 10 heteroatoms. The number of carbonyl (C=O) groups is 1. The van der Waals surface area contributed by atoms with Gasteiger partial charge >= 0.3 is 6.36 Å². The largest absolute Gasteiger partial charge is 0.573 e. The summed E-state index contributed by atoms with van der Waals surface area (Å²) in [6, 6.07) is 23.9. The third-order valence-corrected chi connectivity index (χ3v) is 5.80. The van der Waals surface area contributed by atoms with E-state index < -0.39 is 18.0 Å². The van der Waals surface area contributed by atoms with Gasteiger partial charge in [-0.1, -0.05) is 58.4 Å². The quantitative estimate of drug-likeness (QED) is 0.150. The zero-order chi connectivity index (χ0) is 28.0. The second-order valence-electron chi connectivity index (χ2n) is 8.04. The highest BCUT2D eigenvalue weighted by molar-refractivity contribution is 9.10. The van der Waals surface area contributed by atoms with Crippen LogP contribution in [0.2, 0.25) is 0 Å². The van der Waals surface area contributed by atoms with Crippen molar-refractivity contribution in [2.45, 2.75) is 6.36 Å². The summed E-state index contributed by atoms with van der Waals surface area (Å²) in [6.45, 7) is 0. The van der Waals surface area contributed by atoms with E-state index in [-0.39, 0.29) is 28.4 Å². The van der Waals surface area contributed by atoms with E-state index in [1.807, 2.05) is 0 Å². The molecule has 4 aromatic carbocycles. The van der Waals surface area contributed by atoms with E-state index in [0.29, 0.717) is 11.3 Å². The number of para-hydroxylation sites is 1. The fourth-order valence-corrected chi connectivity index (χ4v) is 3.81. The Morgan fingerprint density at radius 1 is 0.821 bits per heavy atom. The number of benzene rings is 4. The van der Waals surface area contributed by atoms with Gasteiger partial charge in [-0.3, -0.25) is 4.79 Å². The minimum absolute atomic E-state index is 0.108. The Bertz CT molecular complexity index is 1560. The van der Waals surface area contributed by atoms with Crippen molar-refractivity contribution in [3.8, 4) is 22.6 Å². The number of halogens is 6. The van der Waals surface area contributed by atoms with Crippen LogP contribution < -0.4 is 4.74 Å². The number of imidazole rings is 1. The van der Waals surface area contributed by atoms with Crippen LogP contribution in [0.25, 0.3) is 16.8 Å². The molecule has 0 N–H and O–H groups in total. The van der Waals surface area contributed by atoms with Crippen molar-refractivity contribution in [2.75, 3.05) is 0 Å². The highest BCUT2D eigenvalue weighted by Crippen LogP contribution is 2.34. The van der Waals surface area contributed by atoms with Gasteiger partial charge in [-0.15, -0.1) is 13.2 Å². The summed E-state index contributed by atoms with van der Waals surface area (Å²) in [5.74, 6) is -1.50. The summed E-state index contributed by atoms with van der Waals surface area (Å²) >= 11 is 3.18. The third-order valence-electron chi connectivity index (χ3n) is 5.27. The summed E-state index contributed by atoms with van der Waals surface area (Å²) < 4.78 is 70.3. The molecule has 1 aromatic heterocycles. The van der Waals surface area contributed by atoms with E-state index in [0.717, 1.165) is 10.5 Å². The van der Waals surface area contributed by atoms with Crippen molar-refractivity contribution in [1.82, 2.24) is 9.55 Å². The second-order valence-corrected chi connectivity index (χ2v) is 8.95. The Balaban J connectivity index is 0.000000379. The number of carbonyl (C=O) groups excluding carboxylic acids is 1. The van der Waals surface area contributed by atoms with Crippen LogP contribution in [-0.4, -0.2) is 21.7 Å². The van der Waals surface area contributed by atoms with Crippen molar-refractivity contribution >= 4 is 21.7 Å². The minimum atomic E-state index is -4.82. The molecule has 0 bridgehead atoms. The normalized spacial score (nSPS) is 10.9. The van der Waals surface area contributed by atoms with Gasteiger partial charge in [0.25, 0.3) is 0 Å². The van der Waals surface area contributed by atoms with E-state index in [9.17, 15) is 26.7 Å². The highest BCUT2D eigenvalue weighted by Gasteiger charge is 2.32. The van der Waals surface area contributed by atoms with Crippen LogP contribution in [0.15, 0.2) is 114 Å². The molecule has 198 valence electrons. The van der Waals surface area contributed by atoms with E-state index >= 15 is 0 Å². The molecule has 0 amide bonds. The average Bonchev–Trinajstić information content (AvgIpc) is 3.40. The molecule has 0 unspecified atom stereocenters. The van der Waals surface area contributed by atoms with Crippen LogP contribution in [0.3, 0.4) is 0 Å². The smallest absolute Gasteiger partial charge is 0.405 e. The molecule has 4 nitrogen and oxygen atoms in total. The number of alkyl halides is 3. The molecule has 0 fully saturated rings. The van der Waals surface area contributed by atoms with Crippen LogP contribution in [0.5, 0.6) is 5.75 Å². The fourth-order valence-electron chi connectivity index (χ4n) is 3.54. The number of ether oxygens (including phenoxy) is 1. The van der Waals surface area contributed by atoms with Gasteiger partial charge in [0.15, 0.2) is 0 Å². The summed E-state index contributed by atoms with van der Waals surface area (Å²) in [5.41, 5.74) is 1.60. The summed E-state index contributed by atoms with van der Waals surface area (Å²) in [7, 11) is 0. The average molecular weight is 601 g/mol. The molecule has 5 rings (SSSR count). The number of ketones is 1. The fraction of sp³-hybridized carbons (Fsp3) is 0.0345. The van der Waals surface area contributed by atoms with E-state index in [1.165, 1.54) is 61.1 Å². The van der Waals surface area contributed by atoms with Gasteiger partial charge in [0.2, 0.25) is 5.78 Å². The van der Waals surface area contributed by atoms with Gasteiger partial charge in [0, 0.05) is 27.5 Å². The van der Waals surface area contributed by atoms with Crippen molar-refractivity contribution < 1.29 is 31.5 Å². The van der Waals surface area contributed by atoms with Crippen LogP contribution in [0.4, 0.5) is 22.0 Å². The van der Waals surface area contributed by atoms with Gasteiger partial charge in [0.1, 0.15) is 29.4 Å². The van der Waals surface area contributed by atoms with E-state index in [2.05, 4.69) is 25.7 Å². The van der Waals surface area contributed by atoms with Crippen LogP contribution in [0, 0.1) is 11.6 Å². The van der Waals surface area contributed by atoms with Gasteiger partial charge in [-0.2, -0.15) is 0 Å². The van der Waals surface area contributed by atoms with Crippen molar-refractivity contribution in [3.63, 3.8) is 0 Å². The first-order chi connectivity index (χ1) is 18.6. The summed E-state index contributed by atoms with van der Waals surface area (Å²) in [6.07, 6.45) is -1.93. The SMILES string of the molecule is Fc1ccc(Br)cc1.O=C(c1cccc(F)c1)c1cn(-c2cccc(-c3ccccc3OC(F)(F)F)c2)cn1. The molecule has 39 heavy (non-hydrogen) atoms. The molecule has 0 spiro atoms. The van der Waals surface area contributed by atoms with E-state index in [4.69, 9.17) is 0 Å². The number of aromatic nitrogens is 2. The Hall–Kier alpha value is -4.31. The Morgan fingerprint density at radius 2 is 1.54 bits per heavy atom. The number of nitrogens with zero attached hydrogens (tertiary/aromatic N) is 2. The maximum atomic E-state index is 13.4. The van der Waals surface area contributed by atoms with Crippen LogP contribution in [-0.2, 0) is 0 Å². The van der Waals surface area contributed by atoms with E-state index in [1.54, 1.807) is 47.0 Å². The third kappa shape index (κ3) is 7.61. The standard InChI is InChI=1S/C23H14F4N2O2.C6H4BrF/c24-17-7-3-6-16(11-17)22(30)20-13-29(14-28-20)18-8-4-5-15(12-18)19-9-1-2-10-21(19)31-23(25,26)27;7-5-1-3-6(8)4-2-5/h1-14H;1-4H. The molecule has 0 aliphatic carbocycles. The van der Waals surface area contributed by atoms with Crippen molar-refractivity contribution in [3.05, 3.63) is 137 Å². The van der Waals surface area contributed by atoms with Gasteiger partial charge in [-0.25, -0.2) is 13.8 Å². The molecule has 0 aliphatic heterocycles. The minimum Gasteiger partial charge on any atom is -0.405 e. The molecule has 0 saturated carbocycles. The lowest BCUT2D eigenvalue weighted by atomic mass is 10.0. The summed E-state index contributed by atoms with van der Waals surface area (Å²) in [5, 5.41) is 0. The molecular formula is C29H18BrF5N2O2. The van der Waals surface area contributed by atoms with Crippen LogP contribution in [0.1, 0.15) is 16.1 Å². The first-order valence-electron chi connectivity index (χ1n) is 11.3. The Kier molecular flexibility index (Phi) is 8.55. The van der Waals surface area contributed by atoms with Gasteiger partial charge in [-0.05, 0) is 60.2 Å². The summed E-state index contributed by atoms with van der Waals surface area (Å²) in [4.78, 5) is 16.6. The number of hydrogen-bond donors (Lipinski definition) is 0. The van der Waals surface area contributed by atoms with Gasteiger partial charge < -0.3 is 9.30 Å². The zero-order valence-corrected chi connectivity index (χ0v) is 21.5.